The third kappa shape index (κ3) is 2.58. The first kappa shape index (κ1) is 13.5. The van der Waals surface area contributed by atoms with Gasteiger partial charge in [-0.3, -0.25) is 9.59 Å². The molecule has 2 amide bonds. The SMILES string of the molecule is CC(C)n1ncc2cc(NC(=O)C3CNC(=O)C3)cnc21. The first-order chi connectivity index (χ1) is 10.0. The van der Waals surface area contributed by atoms with E-state index in [0.717, 1.165) is 11.0 Å². The molecule has 0 spiro atoms. The molecule has 3 heterocycles. The Kier molecular flexibility index (Phi) is 3.32. The summed E-state index contributed by atoms with van der Waals surface area (Å²) in [5, 5.41) is 10.6. The molecule has 1 unspecified atom stereocenters. The molecule has 1 fully saturated rings. The average Bonchev–Trinajstić information content (AvgIpc) is 3.04. The molecule has 0 saturated carbocycles. The van der Waals surface area contributed by atoms with Gasteiger partial charge < -0.3 is 10.6 Å². The summed E-state index contributed by atoms with van der Waals surface area (Å²) >= 11 is 0. The van der Waals surface area contributed by atoms with Crippen molar-refractivity contribution in [2.45, 2.75) is 26.3 Å². The monoisotopic (exact) mass is 287 g/mol. The van der Waals surface area contributed by atoms with Crippen LogP contribution in [0.15, 0.2) is 18.5 Å². The van der Waals surface area contributed by atoms with Crippen molar-refractivity contribution in [3.05, 3.63) is 18.5 Å². The summed E-state index contributed by atoms with van der Waals surface area (Å²) in [5.41, 5.74) is 1.41. The molecule has 2 aromatic heterocycles. The number of carbonyl (C=O) groups excluding carboxylic acids is 2. The molecule has 2 aromatic rings. The van der Waals surface area contributed by atoms with Gasteiger partial charge in [-0.25, -0.2) is 9.67 Å². The zero-order chi connectivity index (χ0) is 15.0. The van der Waals surface area contributed by atoms with Crippen LogP contribution in [0.2, 0.25) is 0 Å². The lowest BCUT2D eigenvalue weighted by Gasteiger charge is -2.09. The predicted molar refractivity (Wildman–Crippen MR) is 77.7 cm³/mol. The number of aromatic nitrogens is 3. The molecule has 2 N–H and O–H groups in total. The first-order valence-electron chi connectivity index (χ1n) is 6.95. The number of rotatable bonds is 3. The molecule has 110 valence electrons. The Hall–Kier alpha value is -2.44. The van der Waals surface area contributed by atoms with Crippen molar-refractivity contribution >= 4 is 28.5 Å². The number of amides is 2. The van der Waals surface area contributed by atoms with E-state index in [0.29, 0.717) is 12.2 Å². The van der Waals surface area contributed by atoms with Gasteiger partial charge in [-0.05, 0) is 19.9 Å². The summed E-state index contributed by atoms with van der Waals surface area (Å²) in [6.45, 7) is 4.47. The van der Waals surface area contributed by atoms with Gasteiger partial charge in [0.05, 0.1) is 24.0 Å². The molecule has 7 heteroatoms. The second-order valence-corrected chi connectivity index (χ2v) is 5.51. The minimum absolute atomic E-state index is 0.0815. The molecule has 0 radical (unpaired) electrons. The van der Waals surface area contributed by atoms with Crippen LogP contribution in [-0.2, 0) is 9.59 Å². The molecule has 1 aliphatic rings. The number of fused-ring (bicyclic) bond motifs is 1. The molecular formula is C14H17N5O2. The molecule has 3 rings (SSSR count). The fourth-order valence-corrected chi connectivity index (χ4v) is 2.42. The Morgan fingerprint density at radius 1 is 1.48 bits per heavy atom. The number of nitrogens with one attached hydrogen (secondary N) is 2. The quantitative estimate of drug-likeness (QED) is 0.884. The van der Waals surface area contributed by atoms with Gasteiger partial charge in [0.15, 0.2) is 5.65 Å². The van der Waals surface area contributed by atoms with Crippen molar-refractivity contribution < 1.29 is 9.59 Å². The Morgan fingerprint density at radius 2 is 2.29 bits per heavy atom. The number of pyridine rings is 1. The fourth-order valence-electron chi connectivity index (χ4n) is 2.42. The van der Waals surface area contributed by atoms with Gasteiger partial charge in [-0.15, -0.1) is 0 Å². The van der Waals surface area contributed by atoms with E-state index in [4.69, 9.17) is 0 Å². The summed E-state index contributed by atoms with van der Waals surface area (Å²) in [6, 6.07) is 2.07. The highest BCUT2D eigenvalue weighted by molar-refractivity contribution is 5.98. The normalized spacial score (nSPS) is 18.2. The van der Waals surface area contributed by atoms with Crippen molar-refractivity contribution in [2.24, 2.45) is 5.92 Å². The molecular weight excluding hydrogens is 270 g/mol. The lowest BCUT2D eigenvalue weighted by molar-refractivity contribution is -0.123. The van der Waals surface area contributed by atoms with Crippen molar-refractivity contribution in [1.82, 2.24) is 20.1 Å². The summed E-state index contributed by atoms with van der Waals surface area (Å²) in [7, 11) is 0. The highest BCUT2D eigenvalue weighted by Crippen LogP contribution is 2.20. The topological polar surface area (TPSA) is 88.9 Å². The number of hydrogen-bond acceptors (Lipinski definition) is 4. The third-order valence-electron chi connectivity index (χ3n) is 3.54. The molecule has 7 nitrogen and oxygen atoms in total. The maximum absolute atomic E-state index is 12.1. The summed E-state index contributed by atoms with van der Waals surface area (Å²) in [6.07, 6.45) is 3.59. The Balaban J connectivity index is 1.78. The fraction of sp³-hybridized carbons (Fsp3) is 0.429. The predicted octanol–water partition coefficient (Wildman–Crippen LogP) is 1.09. The van der Waals surface area contributed by atoms with Crippen LogP contribution in [0.1, 0.15) is 26.3 Å². The van der Waals surface area contributed by atoms with E-state index in [1.807, 2.05) is 24.6 Å². The number of carbonyl (C=O) groups is 2. The standard InChI is InChI=1S/C14H17N5O2/c1-8(2)19-13-9(6-17-19)3-11(7-16-13)18-14(21)10-4-12(20)15-5-10/h3,6-8,10H,4-5H2,1-2H3,(H,15,20)(H,18,21). The lowest BCUT2D eigenvalue weighted by Crippen LogP contribution is -2.24. The van der Waals surface area contributed by atoms with Crippen LogP contribution >= 0.6 is 0 Å². The van der Waals surface area contributed by atoms with Crippen LogP contribution < -0.4 is 10.6 Å². The average molecular weight is 287 g/mol. The van der Waals surface area contributed by atoms with Crippen LogP contribution in [0, 0.1) is 5.92 Å². The second kappa shape index (κ2) is 5.16. The van der Waals surface area contributed by atoms with Gasteiger partial charge in [0.1, 0.15) is 0 Å². The van der Waals surface area contributed by atoms with Crippen LogP contribution in [0.3, 0.4) is 0 Å². The van der Waals surface area contributed by atoms with Crippen molar-refractivity contribution in [3.63, 3.8) is 0 Å². The van der Waals surface area contributed by atoms with E-state index in [-0.39, 0.29) is 30.2 Å². The highest BCUT2D eigenvalue weighted by Gasteiger charge is 2.28. The van der Waals surface area contributed by atoms with E-state index in [1.54, 1.807) is 12.4 Å². The Labute approximate surface area is 121 Å². The van der Waals surface area contributed by atoms with E-state index >= 15 is 0 Å². The van der Waals surface area contributed by atoms with Crippen molar-refractivity contribution in [1.29, 1.82) is 0 Å². The summed E-state index contributed by atoms with van der Waals surface area (Å²) < 4.78 is 1.83. The van der Waals surface area contributed by atoms with E-state index in [9.17, 15) is 9.59 Å². The van der Waals surface area contributed by atoms with E-state index in [2.05, 4.69) is 20.7 Å². The van der Waals surface area contributed by atoms with Gasteiger partial charge in [-0.1, -0.05) is 0 Å². The molecule has 21 heavy (non-hydrogen) atoms. The first-order valence-corrected chi connectivity index (χ1v) is 6.95. The molecule has 0 aromatic carbocycles. The Morgan fingerprint density at radius 3 is 2.95 bits per heavy atom. The highest BCUT2D eigenvalue weighted by atomic mass is 16.2. The van der Waals surface area contributed by atoms with Crippen molar-refractivity contribution in [3.8, 4) is 0 Å². The number of hydrogen-bond donors (Lipinski definition) is 2. The minimum Gasteiger partial charge on any atom is -0.355 e. The summed E-state index contributed by atoms with van der Waals surface area (Å²) in [5.74, 6) is -0.556. The third-order valence-corrected chi connectivity index (χ3v) is 3.54. The van der Waals surface area contributed by atoms with Crippen LogP contribution in [0.25, 0.3) is 11.0 Å². The molecule has 0 aliphatic carbocycles. The molecule has 1 aliphatic heterocycles. The molecule has 1 saturated heterocycles. The number of nitrogens with zero attached hydrogens (tertiary/aromatic N) is 3. The number of anilines is 1. The van der Waals surface area contributed by atoms with Crippen LogP contribution in [0.5, 0.6) is 0 Å². The zero-order valence-electron chi connectivity index (χ0n) is 12.0. The van der Waals surface area contributed by atoms with Gasteiger partial charge in [-0.2, -0.15) is 5.10 Å². The maximum Gasteiger partial charge on any atom is 0.229 e. The summed E-state index contributed by atoms with van der Waals surface area (Å²) in [4.78, 5) is 27.6. The van der Waals surface area contributed by atoms with Gasteiger partial charge in [0, 0.05) is 24.4 Å². The molecule has 1 atom stereocenters. The lowest BCUT2D eigenvalue weighted by atomic mass is 10.1. The van der Waals surface area contributed by atoms with E-state index < -0.39 is 0 Å². The van der Waals surface area contributed by atoms with Crippen molar-refractivity contribution in [2.75, 3.05) is 11.9 Å². The molecule has 0 bridgehead atoms. The second-order valence-electron chi connectivity index (χ2n) is 5.51. The van der Waals surface area contributed by atoms with E-state index in [1.165, 1.54) is 0 Å². The van der Waals surface area contributed by atoms with Gasteiger partial charge in [0.25, 0.3) is 0 Å². The van der Waals surface area contributed by atoms with Gasteiger partial charge in [0.2, 0.25) is 11.8 Å². The minimum atomic E-state index is -0.313. The Bertz CT molecular complexity index is 706. The van der Waals surface area contributed by atoms with Crippen LogP contribution in [0.4, 0.5) is 5.69 Å². The maximum atomic E-state index is 12.1. The largest absolute Gasteiger partial charge is 0.355 e. The smallest absolute Gasteiger partial charge is 0.229 e. The van der Waals surface area contributed by atoms with Gasteiger partial charge >= 0.3 is 0 Å². The van der Waals surface area contributed by atoms with Crippen LogP contribution in [-0.4, -0.2) is 33.1 Å². The zero-order valence-corrected chi connectivity index (χ0v) is 12.0.